The molecule has 1 aliphatic rings. The van der Waals surface area contributed by atoms with Gasteiger partial charge in [0.25, 0.3) is 0 Å². The Morgan fingerprint density at radius 2 is 2.03 bits per heavy atom. The first-order valence-corrected chi connectivity index (χ1v) is 12.9. The summed E-state index contributed by atoms with van der Waals surface area (Å²) in [7, 11) is -3.29. The van der Waals surface area contributed by atoms with Gasteiger partial charge in [0.1, 0.15) is 22.9 Å². The van der Waals surface area contributed by atoms with Crippen molar-refractivity contribution in [2.45, 2.75) is 19.9 Å². The van der Waals surface area contributed by atoms with Crippen LogP contribution in [0.1, 0.15) is 17.9 Å². The van der Waals surface area contributed by atoms with E-state index in [0.29, 0.717) is 64.5 Å². The summed E-state index contributed by atoms with van der Waals surface area (Å²) in [5, 5.41) is 3.88. The number of aromatic amines is 1. The largest absolute Gasteiger partial charge is 0.455 e. The summed E-state index contributed by atoms with van der Waals surface area (Å²) >= 11 is 0. The monoisotopic (exact) mass is 503 g/mol. The zero-order chi connectivity index (χ0) is 24.7. The smallest absolute Gasteiger partial charge is 0.223 e. The van der Waals surface area contributed by atoms with E-state index in [4.69, 9.17) is 9.26 Å². The summed E-state index contributed by atoms with van der Waals surface area (Å²) < 4.78 is 37.7. The van der Waals surface area contributed by atoms with Gasteiger partial charge in [0, 0.05) is 37.8 Å². The second-order valence-electron chi connectivity index (χ2n) is 8.40. The van der Waals surface area contributed by atoms with Crippen molar-refractivity contribution >= 4 is 21.1 Å². The predicted molar refractivity (Wildman–Crippen MR) is 130 cm³/mol. The second-order valence-corrected chi connectivity index (χ2v) is 10.5. The highest BCUT2D eigenvalue weighted by molar-refractivity contribution is 7.89. The number of nitrogens with one attached hydrogen (secondary N) is 1. The van der Waals surface area contributed by atoms with Crippen molar-refractivity contribution in [3.8, 4) is 34.5 Å². The van der Waals surface area contributed by atoms with Crippen LogP contribution in [0.15, 0.2) is 59.4 Å². The first-order chi connectivity index (χ1) is 17.4. The van der Waals surface area contributed by atoms with Gasteiger partial charge in [0.2, 0.25) is 21.7 Å². The van der Waals surface area contributed by atoms with E-state index in [1.54, 1.807) is 37.5 Å². The van der Waals surface area contributed by atoms with Gasteiger partial charge in [-0.05, 0) is 36.8 Å². The Labute approximate surface area is 206 Å². The minimum absolute atomic E-state index is 0.153. The van der Waals surface area contributed by atoms with E-state index in [0.717, 1.165) is 5.52 Å². The van der Waals surface area contributed by atoms with Crippen LogP contribution in [0.3, 0.4) is 0 Å². The van der Waals surface area contributed by atoms with Crippen molar-refractivity contribution in [3.63, 3.8) is 0 Å². The third-order valence-electron chi connectivity index (χ3n) is 5.84. The van der Waals surface area contributed by atoms with Crippen molar-refractivity contribution < 1.29 is 17.7 Å². The van der Waals surface area contributed by atoms with E-state index >= 15 is 0 Å². The Bertz CT molecular complexity index is 1650. The van der Waals surface area contributed by atoms with Crippen molar-refractivity contribution in [2.24, 2.45) is 0 Å². The molecular weight excluding hydrogens is 482 g/mol. The molecule has 0 bridgehead atoms. The van der Waals surface area contributed by atoms with E-state index < -0.39 is 10.0 Å². The molecule has 182 valence electrons. The van der Waals surface area contributed by atoms with Crippen molar-refractivity contribution in [2.75, 3.05) is 12.3 Å². The van der Waals surface area contributed by atoms with E-state index in [1.807, 2.05) is 24.3 Å². The first kappa shape index (κ1) is 22.3. The van der Waals surface area contributed by atoms with Gasteiger partial charge >= 0.3 is 0 Å². The fourth-order valence-corrected chi connectivity index (χ4v) is 5.58. The van der Waals surface area contributed by atoms with Crippen LogP contribution >= 0.6 is 0 Å². The summed E-state index contributed by atoms with van der Waals surface area (Å²) in [4.78, 5) is 20.9. The lowest BCUT2D eigenvalue weighted by Gasteiger charge is -2.17. The molecule has 0 unspecified atom stereocenters. The Morgan fingerprint density at radius 1 is 1.11 bits per heavy atom. The van der Waals surface area contributed by atoms with Gasteiger partial charge in [0.15, 0.2) is 5.82 Å². The highest BCUT2D eigenvalue weighted by Crippen LogP contribution is 2.33. The zero-order valence-corrected chi connectivity index (χ0v) is 20.1. The molecule has 5 heterocycles. The summed E-state index contributed by atoms with van der Waals surface area (Å²) in [5.41, 5.74) is 3.39. The van der Waals surface area contributed by atoms with Crippen LogP contribution in [0.2, 0.25) is 0 Å². The van der Waals surface area contributed by atoms with Gasteiger partial charge in [-0.15, -0.1) is 0 Å². The number of aromatic nitrogens is 6. The normalized spacial score (nSPS) is 15.5. The number of rotatable bonds is 6. The minimum Gasteiger partial charge on any atom is -0.455 e. The molecule has 0 spiro atoms. The topological polar surface area (TPSA) is 140 Å². The molecule has 0 saturated carbocycles. The molecule has 1 fully saturated rings. The highest BCUT2D eigenvalue weighted by Gasteiger charge is 2.29. The molecule has 1 saturated heterocycles. The number of nitrogens with zero attached hydrogens (tertiary/aromatic N) is 6. The van der Waals surface area contributed by atoms with Gasteiger partial charge in [-0.3, -0.25) is 4.98 Å². The van der Waals surface area contributed by atoms with Gasteiger partial charge < -0.3 is 14.2 Å². The Balaban J connectivity index is 1.37. The molecule has 12 heteroatoms. The number of hydrogen-bond donors (Lipinski definition) is 1. The van der Waals surface area contributed by atoms with Crippen LogP contribution in [0.25, 0.3) is 34.1 Å². The molecule has 6 rings (SSSR count). The number of H-pyrrole nitrogens is 1. The number of hydrogen-bond acceptors (Lipinski definition) is 9. The average molecular weight is 504 g/mol. The summed E-state index contributed by atoms with van der Waals surface area (Å²) in [6.07, 6.45) is 3.87. The summed E-state index contributed by atoms with van der Waals surface area (Å²) in [5.74, 6) is 2.58. The molecule has 4 aromatic heterocycles. The molecule has 0 amide bonds. The SMILES string of the molecule is Cc1nc(-c2ccc(Oc3cc4nc(-c5ccccn5)[nH]c4cc3CN3CCCS3(=O)=O)cn2)no1. The lowest BCUT2D eigenvalue weighted by molar-refractivity contribution is 0.394. The van der Waals surface area contributed by atoms with Gasteiger partial charge in [-0.1, -0.05) is 11.2 Å². The third-order valence-corrected chi connectivity index (χ3v) is 7.75. The predicted octanol–water partition coefficient (Wildman–Crippen LogP) is 3.71. The van der Waals surface area contributed by atoms with Crippen LogP contribution in [0, 0.1) is 6.92 Å². The number of ether oxygens (including phenoxy) is 1. The van der Waals surface area contributed by atoms with Crippen LogP contribution in [-0.4, -0.2) is 55.1 Å². The maximum Gasteiger partial charge on any atom is 0.223 e. The van der Waals surface area contributed by atoms with Crippen LogP contribution < -0.4 is 4.74 Å². The molecule has 5 aromatic rings. The van der Waals surface area contributed by atoms with Crippen molar-refractivity contribution in [3.05, 3.63) is 66.3 Å². The molecule has 0 aliphatic carbocycles. The highest BCUT2D eigenvalue weighted by atomic mass is 32.2. The summed E-state index contributed by atoms with van der Waals surface area (Å²) in [6.45, 7) is 2.38. The molecule has 11 nitrogen and oxygen atoms in total. The standard InChI is InChI=1S/C24H21N7O4S/c1-15-27-24(30-35-15)19-7-6-17(13-26-19)34-22-12-21-20(28-23(29-21)18-5-2-3-8-25-18)11-16(22)14-31-9-4-10-36(31,32)33/h2-3,5-8,11-13H,4,9-10,14H2,1H3,(H,28,29). The van der Waals surface area contributed by atoms with Gasteiger partial charge in [0.05, 0.1) is 23.0 Å². The van der Waals surface area contributed by atoms with Crippen LogP contribution in [-0.2, 0) is 16.6 Å². The van der Waals surface area contributed by atoms with Crippen molar-refractivity contribution in [1.29, 1.82) is 0 Å². The Hall–Kier alpha value is -4.16. The van der Waals surface area contributed by atoms with Gasteiger partial charge in [-0.2, -0.15) is 9.29 Å². The molecule has 1 N–H and O–H groups in total. The fourth-order valence-electron chi connectivity index (χ4n) is 4.09. The molecular formula is C24H21N7O4S. The molecule has 0 radical (unpaired) electrons. The van der Waals surface area contributed by atoms with E-state index in [2.05, 4.69) is 30.1 Å². The first-order valence-electron chi connectivity index (χ1n) is 11.3. The Morgan fingerprint density at radius 3 is 2.72 bits per heavy atom. The third kappa shape index (κ3) is 4.32. The van der Waals surface area contributed by atoms with Gasteiger partial charge in [-0.25, -0.2) is 18.4 Å². The number of imidazole rings is 1. The molecule has 0 atom stereocenters. The number of aryl methyl sites for hydroxylation is 1. The molecule has 36 heavy (non-hydrogen) atoms. The maximum absolute atomic E-state index is 12.5. The minimum atomic E-state index is -3.29. The number of pyridine rings is 2. The summed E-state index contributed by atoms with van der Waals surface area (Å²) in [6, 6.07) is 12.8. The van der Waals surface area contributed by atoms with E-state index in [-0.39, 0.29) is 12.3 Å². The molecule has 1 aliphatic heterocycles. The van der Waals surface area contributed by atoms with Crippen LogP contribution in [0.4, 0.5) is 0 Å². The number of benzene rings is 1. The van der Waals surface area contributed by atoms with E-state index in [9.17, 15) is 8.42 Å². The quantitative estimate of drug-likeness (QED) is 0.367. The lowest BCUT2D eigenvalue weighted by atomic mass is 10.1. The zero-order valence-electron chi connectivity index (χ0n) is 19.2. The molecule has 1 aromatic carbocycles. The van der Waals surface area contributed by atoms with E-state index in [1.165, 1.54) is 4.31 Å². The lowest BCUT2D eigenvalue weighted by Crippen LogP contribution is -2.25. The average Bonchev–Trinajstić information content (AvgIpc) is 3.58. The maximum atomic E-state index is 12.5. The number of fused-ring (bicyclic) bond motifs is 1. The second kappa shape index (κ2) is 8.81. The van der Waals surface area contributed by atoms with Crippen molar-refractivity contribution in [1.82, 2.24) is 34.4 Å². The van der Waals surface area contributed by atoms with Crippen LogP contribution in [0.5, 0.6) is 11.5 Å². The number of sulfonamides is 1. The fraction of sp³-hybridized carbons (Fsp3) is 0.208. The Kier molecular flexibility index (Phi) is 5.46.